The number of amides is 3. The zero-order valence-corrected chi connectivity index (χ0v) is 21.7. The maximum absolute atomic E-state index is 13.5. The number of benzene rings is 2. The third-order valence-electron chi connectivity index (χ3n) is 6.95. The molecular weight excluding hydrogens is 492 g/mol. The molecule has 1 fully saturated rings. The Morgan fingerprint density at radius 2 is 1.97 bits per heavy atom. The van der Waals surface area contributed by atoms with E-state index in [1.165, 1.54) is 0 Å². The second kappa shape index (κ2) is 10.4. The minimum absolute atomic E-state index is 0.157. The fraction of sp³-hybridized carbons (Fsp3) is 0.333. The van der Waals surface area contributed by atoms with Crippen molar-refractivity contribution in [2.75, 3.05) is 12.3 Å². The summed E-state index contributed by atoms with van der Waals surface area (Å²) >= 11 is 6.01. The fourth-order valence-electron chi connectivity index (χ4n) is 4.99. The van der Waals surface area contributed by atoms with Crippen molar-refractivity contribution >= 4 is 41.7 Å². The molecule has 0 radical (unpaired) electrons. The Hall–Kier alpha value is -3.17. The first kappa shape index (κ1) is 24.5. The normalized spacial score (nSPS) is 17.8. The van der Waals surface area contributed by atoms with Crippen molar-refractivity contribution in [3.63, 3.8) is 0 Å². The fourth-order valence-corrected chi connectivity index (χ4v) is 6.16. The molecule has 2 unspecified atom stereocenters. The Bertz CT molecular complexity index is 1290. The molecule has 0 spiro atoms. The molecule has 2 atom stereocenters. The highest BCUT2D eigenvalue weighted by Gasteiger charge is 2.42. The molecule has 0 bridgehead atoms. The Morgan fingerprint density at radius 3 is 2.67 bits per heavy atom. The minimum atomic E-state index is -0.704. The van der Waals surface area contributed by atoms with Gasteiger partial charge in [0.05, 0.1) is 16.1 Å². The SMILES string of the molecule is Cc1ncsc1-c1ccc(CNC(=O)C2CCCN2C(=O)C(CS)N2Cc3ccccc3C2=O)cc1. The van der Waals surface area contributed by atoms with Crippen LogP contribution in [0.5, 0.6) is 0 Å². The maximum Gasteiger partial charge on any atom is 0.255 e. The van der Waals surface area contributed by atoms with E-state index in [1.54, 1.807) is 27.2 Å². The van der Waals surface area contributed by atoms with Gasteiger partial charge in [-0.25, -0.2) is 4.98 Å². The lowest BCUT2D eigenvalue weighted by atomic mass is 10.1. The van der Waals surface area contributed by atoms with Gasteiger partial charge in [0.15, 0.2) is 0 Å². The molecule has 9 heteroatoms. The van der Waals surface area contributed by atoms with E-state index in [0.717, 1.165) is 33.7 Å². The Morgan fingerprint density at radius 1 is 1.19 bits per heavy atom. The Labute approximate surface area is 219 Å². The lowest BCUT2D eigenvalue weighted by molar-refractivity contribution is -0.141. The van der Waals surface area contributed by atoms with Crippen LogP contribution in [-0.2, 0) is 22.7 Å². The predicted octanol–water partition coefficient (Wildman–Crippen LogP) is 3.68. The van der Waals surface area contributed by atoms with Gasteiger partial charge >= 0.3 is 0 Å². The van der Waals surface area contributed by atoms with Gasteiger partial charge in [0.1, 0.15) is 12.1 Å². The van der Waals surface area contributed by atoms with Crippen LogP contribution in [0.15, 0.2) is 54.0 Å². The second-order valence-electron chi connectivity index (χ2n) is 9.16. The summed E-state index contributed by atoms with van der Waals surface area (Å²) in [5.41, 5.74) is 6.47. The minimum Gasteiger partial charge on any atom is -0.350 e. The van der Waals surface area contributed by atoms with Crippen molar-refractivity contribution in [1.82, 2.24) is 20.1 Å². The number of likely N-dealkylation sites (tertiary alicyclic amines) is 1. The lowest BCUT2D eigenvalue weighted by Gasteiger charge is -2.32. The van der Waals surface area contributed by atoms with E-state index < -0.39 is 12.1 Å². The van der Waals surface area contributed by atoms with Crippen molar-refractivity contribution < 1.29 is 14.4 Å². The first-order valence-electron chi connectivity index (χ1n) is 12.0. The highest BCUT2D eigenvalue weighted by atomic mass is 32.1. The van der Waals surface area contributed by atoms with E-state index in [0.29, 0.717) is 31.6 Å². The van der Waals surface area contributed by atoms with Crippen LogP contribution in [0.1, 0.15) is 40.0 Å². The summed E-state index contributed by atoms with van der Waals surface area (Å²) in [6.45, 7) is 3.26. The standard InChI is InChI=1S/C27H28N4O3S2/c1-17-24(36-16-29-17)19-10-8-18(9-11-19)13-28-25(32)22-7-4-12-30(22)27(34)23(15-35)31-14-20-5-2-3-6-21(20)26(31)33/h2-3,5-6,8-11,16,22-23,35H,4,7,12-15H2,1H3,(H,28,32). The molecule has 3 aromatic rings. The van der Waals surface area contributed by atoms with Crippen LogP contribution in [-0.4, -0.2) is 56.9 Å². The molecule has 0 saturated carbocycles. The number of aryl methyl sites for hydroxylation is 1. The number of nitrogens with one attached hydrogen (secondary N) is 1. The average molecular weight is 521 g/mol. The number of nitrogens with zero attached hydrogens (tertiary/aromatic N) is 3. The summed E-state index contributed by atoms with van der Waals surface area (Å²) in [6.07, 6.45) is 1.36. The number of carbonyl (C=O) groups excluding carboxylic acids is 3. The van der Waals surface area contributed by atoms with E-state index in [4.69, 9.17) is 0 Å². The monoisotopic (exact) mass is 520 g/mol. The van der Waals surface area contributed by atoms with Gasteiger partial charge in [-0.2, -0.15) is 12.6 Å². The molecule has 1 aromatic heterocycles. The molecule has 36 heavy (non-hydrogen) atoms. The van der Waals surface area contributed by atoms with Gasteiger partial charge in [-0.3, -0.25) is 14.4 Å². The van der Waals surface area contributed by atoms with Crippen LogP contribution in [0.4, 0.5) is 0 Å². The number of hydrogen-bond acceptors (Lipinski definition) is 6. The number of fused-ring (bicyclic) bond motifs is 1. The number of rotatable bonds is 7. The topological polar surface area (TPSA) is 82.6 Å². The van der Waals surface area contributed by atoms with Gasteiger partial charge in [0, 0.05) is 31.0 Å². The number of carbonyl (C=O) groups is 3. The van der Waals surface area contributed by atoms with Crippen molar-refractivity contribution in [2.45, 2.75) is 44.9 Å². The lowest BCUT2D eigenvalue weighted by Crippen LogP contribution is -2.54. The highest BCUT2D eigenvalue weighted by Crippen LogP contribution is 2.29. The zero-order valence-electron chi connectivity index (χ0n) is 20.0. The van der Waals surface area contributed by atoms with Gasteiger partial charge in [0.2, 0.25) is 11.8 Å². The molecule has 2 aromatic carbocycles. The van der Waals surface area contributed by atoms with Crippen molar-refractivity contribution in [3.8, 4) is 10.4 Å². The molecule has 5 rings (SSSR count). The molecule has 2 aliphatic heterocycles. The summed E-state index contributed by atoms with van der Waals surface area (Å²) < 4.78 is 0. The number of hydrogen-bond donors (Lipinski definition) is 2. The zero-order chi connectivity index (χ0) is 25.2. The van der Waals surface area contributed by atoms with E-state index >= 15 is 0 Å². The van der Waals surface area contributed by atoms with Crippen LogP contribution in [0.2, 0.25) is 0 Å². The van der Waals surface area contributed by atoms with Gasteiger partial charge in [-0.05, 0) is 42.5 Å². The van der Waals surface area contributed by atoms with E-state index in [2.05, 4.69) is 22.9 Å². The molecule has 3 heterocycles. The van der Waals surface area contributed by atoms with Crippen LogP contribution in [0.3, 0.4) is 0 Å². The van der Waals surface area contributed by atoms with Crippen LogP contribution >= 0.6 is 24.0 Å². The molecule has 7 nitrogen and oxygen atoms in total. The summed E-state index contributed by atoms with van der Waals surface area (Å²) in [4.78, 5) is 48.2. The van der Waals surface area contributed by atoms with Gasteiger partial charge in [0.25, 0.3) is 5.91 Å². The molecule has 0 aliphatic carbocycles. The molecule has 1 N–H and O–H groups in total. The van der Waals surface area contributed by atoms with Crippen molar-refractivity contribution in [2.24, 2.45) is 0 Å². The number of aromatic nitrogens is 1. The third-order valence-corrected chi connectivity index (χ3v) is 8.27. The van der Waals surface area contributed by atoms with E-state index in [1.807, 2.05) is 54.9 Å². The highest BCUT2D eigenvalue weighted by molar-refractivity contribution is 7.80. The predicted molar refractivity (Wildman–Crippen MR) is 143 cm³/mol. The van der Waals surface area contributed by atoms with Gasteiger partial charge < -0.3 is 15.1 Å². The quantitative estimate of drug-likeness (QED) is 0.466. The number of thiazole rings is 1. The Balaban J connectivity index is 1.22. The Kier molecular flexibility index (Phi) is 7.11. The average Bonchev–Trinajstić information content (AvgIpc) is 3.63. The first-order chi connectivity index (χ1) is 17.5. The largest absolute Gasteiger partial charge is 0.350 e. The van der Waals surface area contributed by atoms with Crippen molar-refractivity contribution in [3.05, 3.63) is 76.4 Å². The molecule has 3 amide bonds. The van der Waals surface area contributed by atoms with Crippen LogP contribution < -0.4 is 5.32 Å². The van der Waals surface area contributed by atoms with E-state index in [9.17, 15) is 14.4 Å². The summed E-state index contributed by atoms with van der Waals surface area (Å²) in [6, 6.07) is 14.2. The van der Waals surface area contributed by atoms with Crippen molar-refractivity contribution in [1.29, 1.82) is 0 Å². The van der Waals surface area contributed by atoms with Gasteiger partial charge in [-0.1, -0.05) is 42.5 Å². The van der Waals surface area contributed by atoms with Gasteiger partial charge in [-0.15, -0.1) is 11.3 Å². The maximum atomic E-state index is 13.5. The summed E-state index contributed by atoms with van der Waals surface area (Å²) in [5.74, 6) is -0.338. The summed E-state index contributed by atoms with van der Waals surface area (Å²) in [5, 5.41) is 3.00. The van der Waals surface area contributed by atoms with Crippen LogP contribution in [0.25, 0.3) is 10.4 Å². The number of thiol groups is 1. The molecule has 186 valence electrons. The molecule has 1 saturated heterocycles. The second-order valence-corrected chi connectivity index (χ2v) is 10.4. The van der Waals surface area contributed by atoms with Crippen LogP contribution in [0, 0.1) is 6.92 Å². The first-order valence-corrected chi connectivity index (χ1v) is 13.6. The summed E-state index contributed by atoms with van der Waals surface area (Å²) in [7, 11) is 0. The third kappa shape index (κ3) is 4.65. The van der Waals surface area contributed by atoms with E-state index in [-0.39, 0.29) is 23.5 Å². The molecule has 2 aliphatic rings. The smallest absolute Gasteiger partial charge is 0.255 e. The molecular formula is C27H28N4O3S2.